The van der Waals surface area contributed by atoms with Crippen LogP contribution in [0.5, 0.6) is 0 Å². The number of hydrogen-bond acceptors (Lipinski definition) is 8. The van der Waals surface area contributed by atoms with E-state index >= 15 is 0 Å². The van der Waals surface area contributed by atoms with Gasteiger partial charge in [-0.1, -0.05) is 87.2 Å². The minimum Gasteiger partial charge on any atom is -0.344 e. The Morgan fingerprint density at radius 3 is 1.21 bits per heavy atom. The van der Waals surface area contributed by atoms with Crippen molar-refractivity contribution in [2.75, 3.05) is 0 Å². The van der Waals surface area contributed by atoms with Crippen LogP contribution in [0, 0.1) is 37.5 Å². The van der Waals surface area contributed by atoms with Crippen molar-refractivity contribution in [3.05, 3.63) is 90.9 Å². The minimum absolute atomic E-state index is 0.130. The Kier molecular flexibility index (Phi) is 12.8. The number of benzene rings is 2. The first-order valence-corrected chi connectivity index (χ1v) is 21.3. The lowest BCUT2D eigenvalue weighted by molar-refractivity contribution is -0.125. The molecule has 4 unspecified atom stereocenters. The van der Waals surface area contributed by atoms with Gasteiger partial charge in [-0.15, -0.1) is 0 Å². The van der Waals surface area contributed by atoms with Crippen molar-refractivity contribution in [1.29, 1.82) is 0 Å². The van der Waals surface area contributed by atoms with Crippen LogP contribution >= 0.6 is 31.9 Å². The van der Waals surface area contributed by atoms with Crippen LogP contribution < -0.4 is 21.3 Å². The summed E-state index contributed by atoms with van der Waals surface area (Å²) in [4.78, 5) is 67.5. The maximum absolute atomic E-state index is 14.4. The number of nitrogens with one attached hydrogen (secondary N) is 4. The van der Waals surface area contributed by atoms with E-state index in [2.05, 4.69) is 63.4 Å². The summed E-state index contributed by atoms with van der Waals surface area (Å²) in [5.41, 5.74) is 4.21. The molecule has 16 heteroatoms. The Morgan fingerprint density at radius 2 is 0.879 bits per heavy atom. The first-order valence-electron chi connectivity index (χ1n) is 19.7. The molecule has 0 aliphatic carbocycles. The smallest absolute Gasteiger partial charge is 0.272 e. The van der Waals surface area contributed by atoms with Gasteiger partial charge in [0.05, 0.1) is 23.5 Å². The van der Waals surface area contributed by atoms with Gasteiger partial charge in [-0.3, -0.25) is 19.2 Å². The highest BCUT2D eigenvalue weighted by Crippen LogP contribution is 2.32. The predicted octanol–water partition coefficient (Wildman–Crippen LogP) is 7.90. The summed E-state index contributed by atoms with van der Waals surface area (Å²) >= 11 is 7.32. The second-order valence-corrected chi connectivity index (χ2v) is 18.5. The van der Waals surface area contributed by atoms with Crippen molar-refractivity contribution in [3.8, 4) is 0 Å². The number of fused-ring (bicyclic) bond motifs is 10. The molecule has 4 N–H and O–H groups in total. The molecular formula is C42H52Br2N10O4. The van der Waals surface area contributed by atoms with Gasteiger partial charge in [0.2, 0.25) is 11.8 Å². The monoisotopic (exact) mass is 918 g/mol. The van der Waals surface area contributed by atoms with Crippen molar-refractivity contribution in [2.24, 2.45) is 33.9 Å². The van der Waals surface area contributed by atoms with Crippen LogP contribution in [0.4, 0.5) is 11.4 Å². The van der Waals surface area contributed by atoms with E-state index in [0.717, 1.165) is 20.1 Å². The van der Waals surface area contributed by atoms with Gasteiger partial charge in [-0.05, 0) is 85.0 Å². The first kappa shape index (κ1) is 42.9. The number of nitrogens with zero attached hydrogens (tertiary/aromatic N) is 6. The fourth-order valence-corrected chi connectivity index (χ4v) is 8.55. The number of halogens is 2. The van der Waals surface area contributed by atoms with Crippen molar-refractivity contribution in [2.45, 2.75) is 106 Å². The number of azo groups is 1. The molecule has 4 amide bonds. The minimum atomic E-state index is -0.946. The summed E-state index contributed by atoms with van der Waals surface area (Å²) in [6.45, 7) is 19.5. The molecule has 2 aromatic heterocycles. The number of rotatable bonds is 4. The maximum Gasteiger partial charge on any atom is 0.272 e. The van der Waals surface area contributed by atoms with E-state index in [1.807, 2.05) is 115 Å². The lowest BCUT2D eigenvalue weighted by atomic mass is 9.99. The average Bonchev–Trinajstić information content (AvgIpc) is 3.62. The van der Waals surface area contributed by atoms with E-state index in [9.17, 15) is 19.2 Å². The molecule has 0 saturated heterocycles. The van der Waals surface area contributed by atoms with Crippen LogP contribution in [0.25, 0.3) is 0 Å². The van der Waals surface area contributed by atoms with Crippen molar-refractivity contribution in [3.63, 3.8) is 0 Å². The molecule has 10 bridgehead atoms. The van der Waals surface area contributed by atoms with Crippen molar-refractivity contribution < 1.29 is 19.2 Å². The Labute approximate surface area is 356 Å². The third-order valence-electron chi connectivity index (χ3n) is 10.7. The standard InChI is InChI=1S/C42H52Br2N10O4/c1-19(2)31-37-45-35-23(9)53(37)17-25-11-27(43)15-29(13-25)51-52-30-14-26(12-28(44)16-30)18-54-24(10)36(42(58)49-33(21(5)6)39(55)47-31)46-38(54)32(20(3)4)48-40(56)34(22(7)8)50-41(35)57/h11-16,19-22,31-34H,17-18H2,1-10H3,(H,47,55)(H,48,56)(H,49,58)(H,50,57). The molecule has 3 aliphatic rings. The summed E-state index contributed by atoms with van der Waals surface area (Å²) in [6.07, 6.45) is 0. The molecule has 0 radical (unpaired) electrons. The van der Waals surface area contributed by atoms with Gasteiger partial charge in [0, 0.05) is 33.4 Å². The molecule has 2 aromatic carbocycles. The van der Waals surface area contributed by atoms with Crippen LogP contribution in [0.15, 0.2) is 55.6 Å². The Hall–Kier alpha value is -4.70. The van der Waals surface area contributed by atoms with Crippen molar-refractivity contribution >= 4 is 66.9 Å². The van der Waals surface area contributed by atoms with Gasteiger partial charge >= 0.3 is 0 Å². The van der Waals surface area contributed by atoms with Gasteiger partial charge < -0.3 is 30.4 Å². The molecule has 0 fully saturated rings. The van der Waals surface area contributed by atoms with Crippen LogP contribution in [0.3, 0.4) is 0 Å². The van der Waals surface area contributed by atoms with E-state index in [0.29, 0.717) is 34.4 Å². The predicted molar refractivity (Wildman–Crippen MR) is 228 cm³/mol. The topological polar surface area (TPSA) is 177 Å². The summed E-state index contributed by atoms with van der Waals surface area (Å²) in [5, 5.41) is 21.7. The number of carbonyl (C=O) groups excluding carboxylic acids is 4. The lowest BCUT2D eigenvalue weighted by Gasteiger charge is -2.28. The van der Waals surface area contributed by atoms with Gasteiger partial charge in [0.25, 0.3) is 11.8 Å². The SMILES string of the molecule is Cc1c2nc3n1Cc1cc(Br)cc(c1)N=Nc1cc(Br)cc(c1)Cn1c(nc(c1C)C(=O)NC(C(C)C)C(=O)NC3C(C)C)C(C(C)C)NC(=O)C(C(C)C)NC2=O. The molecule has 0 saturated carbocycles. The van der Waals surface area contributed by atoms with Gasteiger partial charge in [-0.25, -0.2) is 9.97 Å². The maximum atomic E-state index is 14.4. The van der Waals surface area contributed by atoms with Crippen molar-refractivity contribution in [1.82, 2.24) is 40.4 Å². The number of aromatic nitrogens is 4. The van der Waals surface area contributed by atoms with E-state index < -0.39 is 47.8 Å². The van der Waals surface area contributed by atoms with Gasteiger partial charge in [0.15, 0.2) is 0 Å². The Balaban J connectivity index is 1.69. The molecule has 14 nitrogen and oxygen atoms in total. The highest BCUT2D eigenvalue weighted by Gasteiger charge is 2.37. The molecule has 3 aliphatic heterocycles. The third-order valence-corrected chi connectivity index (χ3v) is 11.7. The van der Waals surface area contributed by atoms with Crippen LogP contribution in [0.2, 0.25) is 0 Å². The van der Waals surface area contributed by atoms with Crippen LogP contribution in [-0.4, -0.2) is 54.8 Å². The molecule has 4 aromatic rings. The van der Waals surface area contributed by atoms with Crippen LogP contribution in [0.1, 0.15) is 123 Å². The lowest BCUT2D eigenvalue weighted by Crippen LogP contribution is -2.52. The van der Waals surface area contributed by atoms with E-state index in [-0.39, 0.29) is 48.1 Å². The molecule has 7 rings (SSSR count). The summed E-state index contributed by atoms with van der Waals surface area (Å²) in [5.74, 6) is -1.95. The second-order valence-electron chi connectivity index (χ2n) is 16.7. The van der Waals surface area contributed by atoms with E-state index in [1.165, 1.54) is 0 Å². The van der Waals surface area contributed by atoms with E-state index in [4.69, 9.17) is 9.97 Å². The normalized spacial score (nSPS) is 20.5. The number of hydrogen-bond donors (Lipinski definition) is 4. The van der Waals surface area contributed by atoms with E-state index in [1.54, 1.807) is 0 Å². The molecule has 0 spiro atoms. The van der Waals surface area contributed by atoms with Gasteiger partial charge in [0.1, 0.15) is 35.1 Å². The molecule has 58 heavy (non-hydrogen) atoms. The summed E-state index contributed by atoms with van der Waals surface area (Å²) in [6, 6.07) is 8.24. The largest absolute Gasteiger partial charge is 0.344 e. The molecule has 5 heterocycles. The highest BCUT2D eigenvalue weighted by atomic mass is 79.9. The molecule has 308 valence electrons. The zero-order valence-electron chi connectivity index (χ0n) is 34.6. The zero-order chi connectivity index (χ0) is 42.3. The second kappa shape index (κ2) is 17.3. The average molecular weight is 921 g/mol. The Morgan fingerprint density at radius 1 is 0.534 bits per heavy atom. The van der Waals surface area contributed by atoms with Crippen LogP contribution in [-0.2, 0) is 22.7 Å². The number of imidazole rings is 2. The number of amides is 4. The summed E-state index contributed by atoms with van der Waals surface area (Å²) in [7, 11) is 0. The quantitative estimate of drug-likeness (QED) is 0.162. The zero-order valence-corrected chi connectivity index (χ0v) is 37.7. The first-order chi connectivity index (χ1) is 27.3. The summed E-state index contributed by atoms with van der Waals surface area (Å²) < 4.78 is 5.38. The fraction of sp³-hybridized carbons (Fsp3) is 0.476. The number of carbonyl (C=O) groups is 4. The highest BCUT2D eigenvalue weighted by molar-refractivity contribution is 9.10. The third kappa shape index (κ3) is 8.97. The fourth-order valence-electron chi connectivity index (χ4n) is 7.49. The molecular weight excluding hydrogens is 868 g/mol. The molecule has 4 atom stereocenters. The van der Waals surface area contributed by atoms with Gasteiger partial charge in [-0.2, -0.15) is 10.2 Å². The Bertz CT molecular complexity index is 2130.